The highest BCUT2D eigenvalue weighted by Crippen LogP contribution is 2.30. The summed E-state index contributed by atoms with van der Waals surface area (Å²) in [5.41, 5.74) is 5.44. The van der Waals surface area contributed by atoms with E-state index < -0.39 is 0 Å². The summed E-state index contributed by atoms with van der Waals surface area (Å²) in [4.78, 5) is 25.5. The van der Waals surface area contributed by atoms with Crippen LogP contribution in [0.15, 0.2) is 51.3 Å². The Balaban J connectivity index is 1.58. The lowest BCUT2D eigenvalue weighted by atomic mass is 9.93. The number of aryl methyl sites for hydroxylation is 1. The van der Waals surface area contributed by atoms with Crippen molar-refractivity contribution in [3.63, 3.8) is 0 Å². The van der Waals surface area contributed by atoms with Crippen LogP contribution in [-0.2, 0) is 6.42 Å². The van der Waals surface area contributed by atoms with Gasteiger partial charge in [0.25, 0.3) is 11.8 Å². The maximum Gasteiger partial charge on any atom is 0.291 e. The molecule has 0 spiro atoms. The minimum atomic E-state index is -0.346. The molecule has 2 heterocycles. The van der Waals surface area contributed by atoms with E-state index in [1.807, 2.05) is 18.4 Å². The Morgan fingerprint density at radius 2 is 2.03 bits per heavy atom. The molecule has 2 amide bonds. The van der Waals surface area contributed by atoms with Gasteiger partial charge in [-0.15, -0.1) is 11.3 Å². The van der Waals surface area contributed by atoms with Crippen molar-refractivity contribution in [1.29, 1.82) is 0 Å². The van der Waals surface area contributed by atoms with Gasteiger partial charge in [-0.1, -0.05) is 23.7 Å². The largest absolute Gasteiger partial charge is 0.455 e. The number of rotatable bonds is 4. The van der Waals surface area contributed by atoms with E-state index in [4.69, 9.17) is 16.0 Å². The summed E-state index contributed by atoms with van der Waals surface area (Å²) < 4.78 is 5.87. The number of hydrogen-bond acceptors (Lipinski definition) is 5. The number of nitrogens with one attached hydrogen (secondary N) is 2. The molecule has 0 atom stereocenters. The van der Waals surface area contributed by atoms with Crippen molar-refractivity contribution < 1.29 is 14.0 Å². The highest BCUT2D eigenvalue weighted by atomic mass is 35.5. The summed E-state index contributed by atoms with van der Waals surface area (Å²) in [5, 5.41) is 9.51. The average molecular weight is 428 g/mol. The van der Waals surface area contributed by atoms with Crippen molar-refractivity contribution in [3.8, 4) is 0 Å². The Hall–Kier alpha value is -2.90. The number of halogens is 1. The van der Waals surface area contributed by atoms with Gasteiger partial charge in [0.2, 0.25) is 0 Å². The third-order valence-corrected chi connectivity index (χ3v) is 5.76. The predicted molar refractivity (Wildman–Crippen MR) is 114 cm³/mol. The van der Waals surface area contributed by atoms with E-state index in [-0.39, 0.29) is 17.6 Å². The van der Waals surface area contributed by atoms with E-state index in [0.29, 0.717) is 33.3 Å². The van der Waals surface area contributed by atoms with Crippen LogP contribution in [0, 0.1) is 6.92 Å². The van der Waals surface area contributed by atoms with Gasteiger partial charge in [0.05, 0.1) is 10.6 Å². The van der Waals surface area contributed by atoms with Crippen molar-refractivity contribution in [2.45, 2.75) is 26.2 Å². The van der Waals surface area contributed by atoms with Crippen molar-refractivity contribution in [3.05, 3.63) is 74.3 Å². The van der Waals surface area contributed by atoms with E-state index in [9.17, 15) is 9.59 Å². The lowest BCUT2D eigenvalue weighted by Gasteiger charge is -2.13. The fourth-order valence-electron chi connectivity index (χ4n) is 3.33. The van der Waals surface area contributed by atoms with E-state index >= 15 is 0 Å². The number of benzene rings is 1. The van der Waals surface area contributed by atoms with Gasteiger partial charge in [0, 0.05) is 28.3 Å². The van der Waals surface area contributed by atoms with Crippen LogP contribution >= 0.6 is 22.9 Å². The fraction of sp³-hybridized carbons (Fsp3) is 0.190. The molecular weight excluding hydrogens is 410 g/mol. The van der Waals surface area contributed by atoms with Crippen molar-refractivity contribution in [2.75, 3.05) is 5.32 Å². The average Bonchev–Trinajstić information content (AvgIpc) is 3.35. The van der Waals surface area contributed by atoms with Crippen LogP contribution < -0.4 is 10.7 Å². The van der Waals surface area contributed by atoms with Crippen molar-refractivity contribution in [2.24, 2.45) is 5.10 Å². The predicted octanol–water partition coefficient (Wildman–Crippen LogP) is 5.03. The first-order valence-electron chi connectivity index (χ1n) is 9.13. The Kier molecular flexibility index (Phi) is 5.51. The molecule has 148 valence electrons. The van der Waals surface area contributed by atoms with E-state index in [2.05, 4.69) is 15.8 Å². The molecule has 2 N–H and O–H groups in total. The summed E-state index contributed by atoms with van der Waals surface area (Å²) in [5.74, 6) is 0.365. The minimum absolute atomic E-state index is 0.245. The topological polar surface area (TPSA) is 83.7 Å². The summed E-state index contributed by atoms with van der Waals surface area (Å²) in [7, 11) is 0. The normalized spacial score (nSPS) is 14.5. The molecule has 0 saturated heterocycles. The monoisotopic (exact) mass is 427 g/mol. The highest BCUT2D eigenvalue weighted by molar-refractivity contribution is 7.12. The SMILES string of the molecule is Cc1c(C(=O)Nc2cccc(Cl)c2)oc2c1/C(=N/NC(=O)c1cccs1)CCC2. The van der Waals surface area contributed by atoms with E-state index in [1.54, 1.807) is 30.3 Å². The Bertz CT molecular complexity index is 1100. The number of anilines is 1. The molecule has 1 aliphatic carbocycles. The maximum atomic E-state index is 12.7. The summed E-state index contributed by atoms with van der Waals surface area (Å²) in [6.07, 6.45) is 2.26. The Morgan fingerprint density at radius 1 is 1.17 bits per heavy atom. The smallest absolute Gasteiger partial charge is 0.291 e. The molecule has 29 heavy (non-hydrogen) atoms. The minimum Gasteiger partial charge on any atom is -0.455 e. The van der Waals surface area contributed by atoms with Gasteiger partial charge in [-0.25, -0.2) is 5.43 Å². The van der Waals surface area contributed by atoms with Gasteiger partial charge in [-0.2, -0.15) is 5.10 Å². The van der Waals surface area contributed by atoms with Gasteiger partial charge in [-0.05, 0) is 49.4 Å². The molecule has 0 aliphatic heterocycles. The second-order valence-electron chi connectivity index (χ2n) is 6.65. The zero-order chi connectivity index (χ0) is 20.4. The number of carbonyl (C=O) groups excluding carboxylic acids is 2. The second kappa shape index (κ2) is 8.23. The molecule has 0 unspecified atom stereocenters. The molecule has 0 bridgehead atoms. The van der Waals surface area contributed by atoms with Gasteiger partial charge in [-0.3, -0.25) is 9.59 Å². The first-order chi connectivity index (χ1) is 14.0. The summed E-state index contributed by atoms with van der Waals surface area (Å²) in [6, 6.07) is 10.5. The van der Waals surface area contributed by atoms with Gasteiger partial charge < -0.3 is 9.73 Å². The van der Waals surface area contributed by atoms with Crippen LogP contribution in [0.3, 0.4) is 0 Å². The van der Waals surface area contributed by atoms with Crippen LogP contribution in [0.2, 0.25) is 5.02 Å². The molecule has 0 radical (unpaired) electrons. The Morgan fingerprint density at radius 3 is 2.79 bits per heavy atom. The molecule has 0 saturated carbocycles. The molecule has 8 heteroatoms. The first-order valence-corrected chi connectivity index (χ1v) is 10.4. The van der Waals surface area contributed by atoms with Crippen molar-refractivity contribution in [1.82, 2.24) is 5.43 Å². The second-order valence-corrected chi connectivity index (χ2v) is 8.03. The third-order valence-electron chi connectivity index (χ3n) is 4.65. The lowest BCUT2D eigenvalue weighted by molar-refractivity contribution is 0.0957. The number of fused-ring (bicyclic) bond motifs is 1. The maximum absolute atomic E-state index is 12.7. The van der Waals surface area contributed by atoms with E-state index in [1.165, 1.54) is 11.3 Å². The molecule has 1 aliphatic rings. The van der Waals surface area contributed by atoms with Crippen LogP contribution in [0.5, 0.6) is 0 Å². The van der Waals surface area contributed by atoms with Crippen LogP contribution in [0.1, 0.15) is 50.0 Å². The molecule has 0 fully saturated rings. The van der Waals surface area contributed by atoms with Gasteiger partial charge in [0.1, 0.15) is 5.76 Å². The van der Waals surface area contributed by atoms with Gasteiger partial charge in [0.15, 0.2) is 5.76 Å². The number of thiophene rings is 1. The third kappa shape index (κ3) is 4.11. The molecular formula is C21H18ClN3O3S. The standard InChI is InChI=1S/C21H18ClN3O3S/c1-12-18-15(24-25-20(26)17-9-4-10-29-17)7-3-8-16(18)28-19(12)21(27)23-14-6-2-5-13(22)11-14/h2,4-6,9-11H,3,7-8H2,1H3,(H,23,27)(H,25,26)/b24-15+. The quantitative estimate of drug-likeness (QED) is 0.573. The molecule has 1 aromatic carbocycles. The fourth-order valence-corrected chi connectivity index (χ4v) is 4.14. The Labute approximate surface area is 176 Å². The van der Waals surface area contributed by atoms with Crippen molar-refractivity contribution >= 4 is 46.2 Å². The number of carbonyl (C=O) groups is 2. The van der Waals surface area contributed by atoms with Crippen LogP contribution in [0.25, 0.3) is 0 Å². The number of amides is 2. The molecule has 2 aromatic heterocycles. The molecule has 6 nitrogen and oxygen atoms in total. The molecule has 3 aromatic rings. The van der Waals surface area contributed by atoms with E-state index in [0.717, 1.165) is 24.1 Å². The van der Waals surface area contributed by atoms with Crippen LogP contribution in [0.4, 0.5) is 5.69 Å². The van der Waals surface area contributed by atoms with Gasteiger partial charge >= 0.3 is 0 Å². The number of hydrazone groups is 1. The molecule has 4 rings (SSSR count). The number of nitrogens with zero attached hydrogens (tertiary/aromatic N) is 1. The lowest BCUT2D eigenvalue weighted by Crippen LogP contribution is -2.21. The summed E-state index contributed by atoms with van der Waals surface area (Å²) in [6.45, 7) is 1.83. The number of furan rings is 1. The van der Waals surface area contributed by atoms with Crippen LogP contribution in [-0.4, -0.2) is 17.5 Å². The summed E-state index contributed by atoms with van der Waals surface area (Å²) >= 11 is 7.33. The highest BCUT2D eigenvalue weighted by Gasteiger charge is 2.28. The first kappa shape index (κ1) is 19.4. The zero-order valence-corrected chi connectivity index (χ0v) is 17.2. The zero-order valence-electron chi connectivity index (χ0n) is 15.6. The number of hydrogen-bond donors (Lipinski definition) is 2.